The highest BCUT2D eigenvalue weighted by Crippen LogP contribution is 2.10. The van der Waals surface area contributed by atoms with Gasteiger partial charge in [0, 0.05) is 24.5 Å². The smallest absolute Gasteiger partial charge is 0.182 e. The van der Waals surface area contributed by atoms with Crippen molar-refractivity contribution in [3.8, 4) is 11.4 Å². The molecule has 2 heterocycles. The molecular formula is C9H10N4. The molecule has 0 saturated carbocycles. The Bertz CT molecular complexity index is 380. The zero-order valence-electron chi connectivity index (χ0n) is 7.38. The van der Waals surface area contributed by atoms with Crippen molar-refractivity contribution < 1.29 is 0 Å². The molecule has 4 heteroatoms. The Morgan fingerprint density at radius 1 is 1.46 bits per heavy atom. The minimum atomic E-state index is 0.731. The van der Waals surface area contributed by atoms with E-state index in [1.54, 1.807) is 23.4 Å². The largest absolute Gasteiger partial charge is 0.264 e. The molecule has 2 aromatic heterocycles. The second kappa shape index (κ2) is 3.35. The molecule has 0 aliphatic rings. The molecule has 0 N–H and O–H groups in total. The first kappa shape index (κ1) is 7.91. The van der Waals surface area contributed by atoms with Gasteiger partial charge in [-0.15, -0.1) is 0 Å². The molecule has 13 heavy (non-hydrogen) atoms. The molecule has 0 unspecified atom stereocenters. The van der Waals surface area contributed by atoms with Crippen molar-refractivity contribution in [1.29, 1.82) is 0 Å². The van der Waals surface area contributed by atoms with Crippen LogP contribution in [0.5, 0.6) is 0 Å². The van der Waals surface area contributed by atoms with Crippen molar-refractivity contribution in [2.45, 2.75) is 13.5 Å². The average Bonchev–Trinajstić information content (AvgIpc) is 2.67. The monoisotopic (exact) mass is 174 g/mol. The van der Waals surface area contributed by atoms with Gasteiger partial charge in [0.15, 0.2) is 5.82 Å². The summed E-state index contributed by atoms with van der Waals surface area (Å²) >= 11 is 0. The van der Waals surface area contributed by atoms with Gasteiger partial charge in [0.05, 0.1) is 0 Å². The average molecular weight is 174 g/mol. The standard InChI is InChI=1S/C9H10N4/c1-2-13-7-11-9(12-13)8-4-3-5-10-6-8/h3-7H,2H2,1H3. The number of hydrogen-bond acceptors (Lipinski definition) is 3. The molecule has 2 rings (SSSR count). The zero-order valence-corrected chi connectivity index (χ0v) is 7.38. The Morgan fingerprint density at radius 3 is 3.00 bits per heavy atom. The second-order valence-corrected chi connectivity index (χ2v) is 2.67. The van der Waals surface area contributed by atoms with Crippen molar-refractivity contribution >= 4 is 0 Å². The van der Waals surface area contributed by atoms with Crippen LogP contribution in [0, 0.1) is 0 Å². The van der Waals surface area contributed by atoms with Gasteiger partial charge in [0.25, 0.3) is 0 Å². The second-order valence-electron chi connectivity index (χ2n) is 2.67. The number of rotatable bonds is 2. The molecule has 0 fully saturated rings. The van der Waals surface area contributed by atoms with E-state index in [9.17, 15) is 0 Å². The molecule has 0 spiro atoms. The molecule has 0 aliphatic carbocycles. The fourth-order valence-electron chi connectivity index (χ4n) is 1.07. The van der Waals surface area contributed by atoms with E-state index in [0.29, 0.717) is 0 Å². The topological polar surface area (TPSA) is 43.6 Å². The molecule has 66 valence electrons. The van der Waals surface area contributed by atoms with Gasteiger partial charge in [-0.1, -0.05) is 0 Å². The maximum Gasteiger partial charge on any atom is 0.182 e. The summed E-state index contributed by atoms with van der Waals surface area (Å²) in [6.07, 6.45) is 5.22. The van der Waals surface area contributed by atoms with Crippen LogP contribution in [-0.4, -0.2) is 19.7 Å². The van der Waals surface area contributed by atoms with Crippen LogP contribution in [0.3, 0.4) is 0 Å². The lowest BCUT2D eigenvalue weighted by Crippen LogP contribution is -1.93. The summed E-state index contributed by atoms with van der Waals surface area (Å²) in [6, 6.07) is 3.82. The number of aryl methyl sites for hydroxylation is 1. The zero-order chi connectivity index (χ0) is 9.10. The highest BCUT2D eigenvalue weighted by Gasteiger charge is 2.01. The van der Waals surface area contributed by atoms with Crippen molar-refractivity contribution in [1.82, 2.24) is 19.7 Å². The lowest BCUT2D eigenvalue weighted by molar-refractivity contribution is 0.659. The van der Waals surface area contributed by atoms with Gasteiger partial charge in [-0.25, -0.2) is 4.98 Å². The van der Waals surface area contributed by atoms with Gasteiger partial charge in [0.2, 0.25) is 0 Å². The van der Waals surface area contributed by atoms with E-state index < -0.39 is 0 Å². The number of hydrogen-bond donors (Lipinski definition) is 0. The summed E-state index contributed by atoms with van der Waals surface area (Å²) in [4.78, 5) is 8.18. The SMILES string of the molecule is CCn1cnc(-c2cccnc2)n1. The van der Waals surface area contributed by atoms with Crippen molar-refractivity contribution in [2.75, 3.05) is 0 Å². The summed E-state index contributed by atoms with van der Waals surface area (Å²) < 4.78 is 1.79. The highest BCUT2D eigenvalue weighted by atomic mass is 15.3. The predicted molar refractivity (Wildman–Crippen MR) is 48.9 cm³/mol. The van der Waals surface area contributed by atoms with Crippen molar-refractivity contribution in [3.05, 3.63) is 30.9 Å². The van der Waals surface area contributed by atoms with Gasteiger partial charge >= 0.3 is 0 Å². The first-order valence-electron chi connectivity index (χ1n) is 4.20. The van der Waals surface area contributed by atoms with Crippen LogP contribution in [-0.2, 0) is 6.54 Å². The third-order valence-electron chi connectivity index (χ3n) is 1.78. The molecule has 4 nitrogen and oxygen atoms in total. The normalized spacial score (nSPS) is 10.2. The Hall–Kier alpha value is -1.71. The summed E-state index contributed by atoms with van der Waals surface area (Å²) in [5.41, 5.74) is 0.953. The van der Waals surface area contributed by atoms with Crippen LogP contribution >= 0.6 is 0 Å². The summed E-state index contributed by atoms with van der Waals surface area (Å²) in [6.45, 7) is 2.87. The van der Waals surface area contributed by atoms with E-state index in [-0.39, 0.29) is 0 Å². The number of aromatic nitrogens is 4. The maximum atomic E-state index is 4.26. The molecule has 0 aliphatic heterocycles. The van der Waals surface area contributed by atoms with Gasteiger partial charge in [-0.2, -0.15) is 5.10 Å². The minimum absolute atomic E-state index is 0.731. The van der Waals surface area contributed by atoms with Gasteiger partial charge in [-0.05, 0) is 19.1 Å². The Kier molecular flexibility index (Phi) is 2.04. The third kappa shape index (κ3) is 1.56. The Labute approximate surface area is 76.3 Å². The minimum Gasteiger partial charge on any atom is -0.264 e. The molecular weight excluding hydrogens is 164 g/mol. The summed E-state index contributed by atoms with van der Waals surface area (Å²) in [5.74, 6) is 0.731. The highest BCUT2D eigenvalue weighted by molar-refractivity contribution is 5.51. The van der Waals surface area contributed by atoms with Crippen molar-refractivity contribution in [2.24, 2.45) is 0 Å². The summed E-state index contributed by atoms with van der Waals surface area (Å²) in [7, 11) is 0. The van der Waals surface area contributed by atoms with Gasteiger partial charge < -0.3 is 0 Å². The molecule has 0 amide bonds. The molecule has 0 radical (unpaired) electrons. The molecule has 2 aromatic rings. The third-order valence-corrected chi connectivity index (χ3v) is 1.78. The molecule has 0 saturated heterocycles. The number of pyridine rings is 1. The lowest BCUT2D eigenvalue weighted by Gasteiger charge is -1.92. The van der Waals surface area contributed by atoms with Gasteiger partial charge in [-0.3, -0.25) is 9.67 Å². The predicted octanol–water partition coefficient (Wildman–Crippen LogP) is 1.36. The molecule has 0 aromatic carbocycles. The van der Waals surface area contributed by atoms with E-state index in [4.69, 9.17) is 0 Å². The lowest BCUT2D eigenvalue weighted by atomic mass is 10.3. The maximum absolute atomic E-state index is 4.26. The first-order chi connectivity index (χ1) is 6.40. The van der Waals surface area contributed by atoms with Crippen LogP contribution in [0.1, 0.15) is 6.92 Å². The molecule has 0 bridgehead atoms. The van der Waals surface area contributed by atoms with Crippen LogP contribution in [0.15, 0.2) is 30.9 Å². The van der Waals surface area contributed by atoms with Crippen LogP contribution in [0.4, 0.5) is 0 Å². The van der Waals surface area contributed by atoms with Crippen LogP contribution in [0.25, 0.3) is 11.4 Å². The van der Waals surface area contributed by atoms with E-state index >= 15 is 0 Å². The molecule has 0 atom stereocenters. The fourth-order valence-corrected chi connectivity index (χ4v) is 1.07. The first-order valence-corrected chi connectivity index (χ1v) is 4.20. The van der Waals surface area contributed by atoms with E-state index in [0.717, 1.165) is 17.9 Å². The van der Waals surface area contributed by atoms with E-state index in [2.05, 4.69) is 15.1 Å². The summed E-state index contributed by atoms with van der Waals surface area (Å²) in [5, 5.41) is 4.26. The van der Waals surface area contributed by atoms with E-state index in [1.165, 1.54) is 0 Å². The Morgan fingerprint density at radius 2 is 2.38 bits per heavy atom. The number of nitrogens with zero attached hydrogens (tertiary/aromatic N) is 4. The fraction of sp³-hybridized carbons (Fsp3) is 0.222. The van der Waals surface area contributed by atoms with E-state index in [1.807, 2.05) is 19.1 Å². The van der Waals surface area contributed by atoms with Crippen molar-refractivity contribution in [3.63, 3.8) is 0 Å². The van der Waals surface area contributed by atoms with Crippen LogP contribution in [0.2, 0.25) is 0 Å². The Balaban J connectivity index is 2.36. The quantitative estimate of drug-likeness (QED) is 0.690. The van der Waals surface area contributed by atoms with Gasteiger partial charge in [0.1, 0.15) is 6.33 Å². The van der Waals surface area contributed by atoms with Crippen LogP contribution < -0.4 is 0 Å².